The molecule has 0 radical (unpaired) electrons. The zero-order valence-electron chi connectivity index (χ0n) is 8.96. The van der Waals surface area contributed by atoms with Crippen LogP contribution in [0, 0.1) is 5.82 Å². The fraction of sp³-hybridized carbons (Fsp3) is 0.455. The minimum Gasteiger partial charge on any atom is -0.371 e. The van der Waals surface area contributed by atoms with Crippen LogP contribution in [0.5, 0.6) is 0 Å². The Morgan fingerprint density at radius 1 is 1.47 bits per heavy atom. The molecule has 0 aliphatic carbocycles. The highest BCUT2D eigenvalue weighted by molar-refractivity contribution is 9.08. The third kappa shape index (κ3) is 3.38. The summed E-state index contributed by atoms with van der Waals surface area (Å²) in [5.41, 5.74) is 1.71. The maximum atomic E-state index is 13.6. The number of thioether (sulfide) groups is 1. The van der Waals surface area contributed by atoms with Crippen LogP contribution in [0.15, 0.2) is 18.2 Å². The van der Waals surface area contributed by atoms with E-state index in [-0.39, 0.29) is 5.82 Å². The molecule has 0 saturated heterocycles. The van der Waals surface area contributed by atoms with Crippen molar-refractivity contribution in [2.24, 2.45) is 0 Å². The normalized spacial score (nSPS) is 10.4. The Kier molecular flexibility index (Phi) is 5.47. The van der Waals surface area contributed by atoms with Crippen molar-refractivity contribution in [2.75, 3.05) is 30.5 Å². The molecule has 0 saturated carbocycles. The van der Waals surface area contributed by atoms with Gasteiger partial charge in [-0.15, -0.1) is 0 Å². The van der Waals surface area contributed by atoms with Crippen molar-refractivity contribution in [2.45, 2.75) is 5.33 Å². The molecule has 0 bridgehead atoms. The van der Waals surface area contributed by atoms with Gasteiger partial charge in [0.1, 0.15) is 5.82 Å². The number of nitrogens with zero attached hydrogens (tertiary/aromatic N) is 1. The van der Waals surface area contributed by atoms with Gasteiger partial charge in [-0.05, 0) is 17.9 Å². The van der Waals surface area contributed by atoms with Gasteiger partial charge in [0, 0.05) is 24.7 Å². The van der Waals surface area contributed by atoms with E-state index in [2.05, 4.69) is 22.2 Å². The average molecular weight is 292 g/mol. The van der Waals surface area contributed by atoms with E-state index in [1.807, 2.05) is 18.0 Å². The van der Waals surface area contributed by atoms with Crippen LogP contribution in [0.3, 0.4) is 0 Å². The molecule has 0 fully saturated rings. The van der Waals surface area contributed by atoms with Gasteiger partial charge in [0.2, 0.25) is 0 Å². The van der Waals surface area contributed by atoms with Crippen LogP contribution < -0.4 is 4.90 Å². The van der Waals surface area contributed by atoms with Gasteiger partial charge >= 0.3 is 0 Å². The third-order valence-corrected chi connectivity index (χ3v) is 3.42. The molecule has 84 valence electrons. The lowest BCUT2D eigenvalue weighted by Crippen LogP contribution is -2.22. The Morgan fingerprint density at radius 2 is 2.20 bits per heavy atom. The maximum absolute atomic E-state index is 13.6. The molecule has 1 rings (SSSR count). The van der Waals surface area contributed by atoms with Gasteiger partial charge in [0.05, 0.1) is 5.69 Å². The smallest absolute Gasteiger partial charge is 0.146 e. The number of alkyl halides is 1. The molecule has 1 aromatic rings. The van der Waals surface area contributed by atoms with Crippen LogP contribution in [0.25, 0.3) is 0 Å². The molecule has 0 aliphatic rings. The van der Waals surface area contributed by atoms with Crippen LogP contribution in [-0.4, -0.2) is 25.6 Å². The zero-order chi connectivity index (χ0) is 11.3. The number of hydrogen-bond donors (Lipinski definition) is 0. The summed E-state index contributed by atoms with van der Waals surface area (Å²) >= 11 is 5.15. The Labute approximate surface area is 103 Å². The van der Waals surface area contributed by atoms with Crippen molar-refractivity contribution in [3.05, 3.63) is 29.6 Å². The van der Waals surface area contributed by atoms with Gasteiger partial charge < -0.3 is 4.90 Å². The molecule has 0 amide bonds. The minimum atomic E-state index is -0.143. The van der Waals surface area contributed by atoms with Gasteiger partial charge in [0.25, 0.3) is 0 Å². The van der Waals surface area contributed by atoms with E-state index in [1.165, 1.54) is 6.07 Å². The van der Waals surface area contributed by atoms with Crippen molar-refractivity contribution >= 4 is 33.4 Å². The van der Waals surface area contributed by atoms with Gasteiger partial charge in [-0.2, -0.15) is 11.8 Å². The first-order valence-electron chi connectivity index (χ1n) is 4.74. The number of hydrogen-bond acceptors (Lipinski definition) is 2. The van der Waals surface area contributed by atoms with E-state index < -0.39 is 0 Å². The molecular weight excluding hydrogens is 277 g/mol. The lowest BCUT2D eigenvalue weighted by molar-refractivity contribution is 0.622. The van der Waals surface area contributed by atoms with Crippen molar-refractivity contribution in [1.29, 1.82) is 0 Å². The number of para-hydroxylation sites is 1. The zero-order valence-corrected chi connectivity index (χ0v) is 11.4. The van der Waals surface area contributed by atoms with Crippen LogP contribution in [0.1, 0.15) is 5.56 Å². The summed E-state index contributed by atoms with van der Waals surface area (Å²) in [6.07, 6.45) is 2.06. The standard InChI is InChI=1S/C11H15BrFNS/c1-14(6-7-15-2)11-9(8-12)4-3-5-10(11)13/h3-5H,6-8H2,1-2H3. The SMILES string of the molecule is CSCCN(C)c1c(F)cccc1CBr. The Balaban J connectivity index is 2.90. The first-order valence-corrected chi connectivity index (χ1v) is 7.25. The molecule has 0 atom stereocenters. The quantitative estimate of drug-likeness (QED) is 0.764. The molecule has 0 spiro atoms. The van der Waals surface area contributed by atoms with Crippen LogP contribution in [-0.2, 0) is 5.33 Å². The molecule has 15 heavy (non-hydrogen) atoms. The van der Waals surface area contributed by atoms with Crippen LogP contribution in [0.2, 0.25) is 0 Å². The van der Waals surface area contributed by atoms with Crippen molar-refractivity contribution in [3.8, 4) is 0 Å². The molecule has 0 aromatic heterocycles. The predicted molar refractivity (Wildman–Crippen MR) is 70.7 cm³/mol. The second kappa shape index (κ2) is 6.38. The highest BCUT2D eigenvalue weighted by atomic mass is 79.9. The maximum Gasteiger partial charge on any atom is 0.146 e. The first-order chi connectivity index (χ1) is 7.20. The lowest BCUT2D eigenvalue weighted by atomic mass is 10.2. The molecule has 0 N–H and O–H groups in total. The summed E-state index contributed by atoms with van der Waals surface area (Å²) in [4.78, 5) is 1.97. The monoisotopic (exact) mass is 291 g/mol. The van der Waals surface area contributed by atoms with E-state index in [0.29, 0.717) is 11.0 Å². The third-order valence-electron chi connectivity index (χ3n) is 2.23. The van der Waals surface area contributed by atoms with Crippen molar-refractivity contribution in [1.82, 2.24) is 0 Å². The second-order valence-electron chi connectivity index (χ2n) is 3.30. The summed E-state index contributed by atoms with van der Waals surface area (Å²) in [7, 11) is 1.93. The summed E-state index contributed by atoms with van der Waals surface area (Å²) in [5.74, 6) is 0.864. The second-order valence-corrected chi connectivity index (χ2v) is 4.84. The average Bonchev–Trinajstić information content (AvgIpc) is 2.25. The Morgan fingerprint density at radius 3 is 2.80 bits per heavy atom. The summed E-state index contributed by atoms with van der Waals surface area (Å²) in [6.45, 7) is 0.863. The summed E-state index contributed by atoms with van der Waals surface area (Å²) in [5, 5.41) is 0.684. The highest BCUT2D eigenvalue weighted by Gasteiger charge is 2.11. The predicted octanol–water partition coefficient (Wildman–Crippen LogP) is 3.52. The lowest BCUT2D eigenvalue weighted by Gasteiger charge is -2.22. The largest absolute Gasteiger partial charge is 0.371 e. The van der Waals surface area contributed by atoms with Gasteiger partial charge in [-0.25, -0.2) is 4.39 Å². The molecule has 1 aromatic carbocycles. The van der Waals surface area contributed by atoms with Crippen LogP contribution in [0.4, 0.5) is 10.1 Å². The topological polar surface area (TPSA) is 3.24 Å². The highest BCUT2D eigenvalue weighted by Crippen LogP contribution is 2.25. The molecule has 1 nitrogen and oxygen atoms in total. The molecule has 0 aliphatic heterocycles. The number of halogens is 2. The molecular formula is C11H15BrFNS. The van der Waals surface area contributed by atoms with Crippen LogP contribution >= 0.6 is 27.7 Å². The van der Waals surface area contributed by atoms with Gasteiger partial charge in [-0.3, -0.25) is 0 Å². The van der Waals surface area contributed by atoms with Crippen molar-refractivity contribution in [3.63, 3.8) is 0 Å². The molecule has 0 heterocycles. The number of anilines is 1. The van der Waals surface area contributed by atoms with Gasteiger partial charge in [-0.1, -0.05) is 28.1 Å². The summed E-state index contributed by atoms with van der Waals surface area (Å²) in [6, 6.07) is 5.21. The first kappa shape index (κ1) is 12.8. The van der Waals surface area contributed by atoms with E-state index in [1.54, 1.807) is 17.8 Å². The van der Waals surface area contributed by atoms with Crippen molar-refractivity contribution < 1.29 is 4.39 Å². The van der Waals surface area contributed by atoms with Gasteiger partial charge in [0.15, 0.2) is 0 Å². The Bertz CT molecular complexity index is 319. The fourth-order valence-electron chi connectivity index (χ4n) is 1.44. The number of rotatable bonds is 5. The van der Waals surface area contributed by atoms with E-state index in [0.717, 1.165) is 17.9 Å². The summed E-state index contributed by atoms with van der Waals surface area (Å²) < 4.78 is 13.6. The molecule has 0 unspecified atom stereocenters. The van der Waals surface area contributed by atoms with E-state index in [9.17, 15) is 4.39 Å². The Hall–Kier alpha value is -0.220. The number of benzene rings is 1. The fourth-order valence-corrected chi connectivity index (χ4v) is 2.34. The molecule has 4 heteroatoms. The minimum absolute atomic E-state index is 0.143. The van der Waals surface area contributed by atoms with E-state index >= 15 is 0 Å². The van der Waals surface area contributed by atoms with E-state index in [4.69, 9.17) is 0 Å².